The highest BCUT2D eigenvalue weighted by Gasteiger charge is 2.42. The molecular weight excluding hydrogens is 564 g/mol. The molecule has 0 unspecified atom stereocenters. The Bertz CT molecular complexity index is 1460. The number of ether oxygens (including phenoxy) is 1. The number of hydrogen-bond donors (Lipinski definition) is 6. The lowest BCUT2D eigenvalue weighted by atomic mass is 9.68. The third-order valence-corrected chi connectivity index (χ3v) is 8.09. The zero-order chi connectivity index (χ0) is 33.0. The maximum absolute atomic E-state index is 13.5. The standard InChI is InChI=1S/C31H38N4O7.C2H6/c1-17-14-21(19-6-7-19)24(15-18(17)2)35(26(36)12-13-31(39,40)41)25-11-10-23(33-5)27(34-25)28(32)42-20-8-9-22(29(37)38)30(3,4)16-20;1-2/h10-11,14-15,19-20,22,32-33,39-41H,6-9,16H2,1-5H3,(H,37,38);1-2H3/t20-,22-;/m1./s1. The average molecular weight is 609 g/mol. The van der Waals surface area contributed by atoms with Crippen LogP contribution in [0, 0.1) is 42.4 Å². The molecule has 1 amide bonds. The number of carboxylic acids is 1. The van der Waals surface area contributed by atoms with Crippen molar-refractivity contribution in [3.8, 4) is 11.8 Å². The monoisotopic (exact) mass is 608 g/mol. The van der Waals surface area contributed by atoms with Crippen molar-refractivity contribution in [2.75, 3.05) is 17.3 Å². The van der Waals surface area contributed by atoms with Crippen LogP contribution in [0.3, 0.4) is 0 Å². The van der Waals surface area contributed by atoms with E-state index < -0.39 is 35.3 Å². The van der Waals surface area contributed by atoms with Crippen LogP contribution in [0.25, 0.3) is 0 Å². The van der Waals surface area contributed by atoms with Crippen molar-refractivity contribution in [3.05, 3.63) is 46.6 Å². The van der Waals surface area contributed by atoms with Crippen molar-refractivity contribution < 1.29 is 34.8 Å². The number of aryl methyl sites for hydroxylation is 2. The molecule has 11 heteroatoms. The Kier molecular flexibility index (Phi) is 10.8. The highest BCUT2D eigenvalue weighted by Crippen LogP contribution is 2.47. The van der Waals surface area contributed by atoms with Crippen LogP contribution < -0.4 is 10.2 Å². The van der Waals surface area contributed by atoms with Gasteiger partial charge in [-0.3, -0.25) is 19.9 Å². The highest BCUT2D eigenvalue weighted by atomic mass is 16.7. The Balaban J connectivity index is 0.00000259. The van der Waals surface area contributed by atoms with E-state index in [1.807, 2.05) is 53.7 Å². The van der Waals surface area contributed by atoms with Crippen molar-refractivity contribution in [2.45, 2.75) is 91.6 Å². The van der Waals surface area contributed by atoms with Gasteiger partial charge in [-0.2, -0.15) is 0 Å². The third kappa shape index (κ3) is 8.14. The average Bonchev–Trinajstić information content (AvgIpc) is 3.79. The molecule has 4 rings (SSSR count). The summed E-state index contributed by atoms with van der Waals surface area (Å²) in [4.78, 5) is 31.1. The van der Waals surface area contributed by atoms with Gasteiger partial charge in [0.25, 0.3) is 0 Å². The Hall–Kier alpha value is -3.98. The van der Waals surface area contributed by atoms with E-state index in [0.29, 0.717) is 30.6 Å². The lowest BCUT2D eigenvalue weighted by molar-refractivity contribution is -0.265. The number of aromatic nitrogens is 1. The second-order valence-corrected chi connectivity index (χ2v) is 11.8. The summed E-state index contributed by atoms with van der Waals surface area (Å²) in [6.07, 6.45) is 2.84. The first-order valence-corrected chi connectivity index (χ1v) is 14.9. The molecule has 11 nitrogen and oxygen atoms in total. The van der Waals surface area contributed by atoms with E-state index in [0.717, 1.165) is 29.5 Å². The minimum atomic E-state index is -3.36. The fraction of sp³-hybridized carbons (Fsp3) is 0.515. The smallest absolute Gasteiger partial charge is 0.346 e. The summed E-state index contributed by atoms with van der Waals surface area (Å²) in [6.45, 7) is 11.7. The molecule has 1 heterocycles. The van der Waals surface area contributed by atoms with Crippen LogP contribution in [0.4, 0.5) is 17.2 Å². The van der Waals surface area contributed by atoms with Crippen molar-refractivity contribution in [1.29, 1.82) is 5.41 Å². The Morgan fingerprint density at radius 2 is 1.73 bits per heavy atom. The molecule has 0 saturated heterocycles. The van der Waals surface area contributed by atoms with Crippen LogP contribution in [0.2, 0.25) is 0 Å². The fourth-order valence-corrected chi connectivity index (χ4v) is 5.57. The van der Waals surface area contributed by atoms with Gasteiger partial charge in [0.2, 0.25) is 5.90 Å². The largest absolute Gasteiger partial charge is 0.481 e. The molecule has 2 aromatic rings. The number of benzene rings is 1. The van der Waals surface area contributed by atoms with E-state index in [4.69, 9.17) is 10.1 Å². The molecule has 0 radical (unpaired) electrons. The predicted molar refractivity (Wildman–Crippen MR) is 168 cm³/mol. The molecule has 0 spiro atoms. The number of aliphatic carboxylic acids is 1. The van der Waals surface area contributed by atoms with Crippen LogP contribution >= 0.6 is 0 Å². The number of carbonyl (C=O) groups excluding carboxylic acids is 1. The van der Waals surface area contributed by atoms with Gasteiger partial charge in [-0.15, -0.1) is 0 Å². The Labute approximate surface area is 258 Å². The molecule has 2 fully saturated rings. The SMILES string of the molecule is CC.CNc1ccc(N(C(=O)C#CC(O)(O)O)c2cc(C)c(C)cc2C2CC2)nc1C(=N)O[C@@H]1CC[C@H](C(=O)O)C(C)(C)C1. The number of pyridine rings is 1. The van der Waals surface area contributed by atoms with E-state index in [1.165, 1.54) is 4.90 Å². The van der Waals surface area contributed by atoms with Crippen molar-refractivity contribution in [1.82, 2.24) is 4.98 Å². The molecule has 238 valence electrons. The number of carboxylic acid groups (broad SMARTS) is 1. The van der Waals surface area contributed by atoms with Crippen molar-refractivity contribution >= 4 is 35.0 Å². The first-order chi connectivity index (χ1) is 20.6. The number of nitrogens with one attached hydrogen (secondary N) is 2. The molecule has 1 aromatic heterocycles. The fourth-order valence-electron chi connectivity index (χ4n) is 5.57. The summed E-state index contributed by atoms with van der Waals surface area (Å²) >= 11 is 0. The first kappa shape index (κ1) is 34.5. The van der Waals surface area contributed by atoms with Gasteiger partial charge in [0.05, 0.1) is 17.3 Å². The number of hydrogen-bond acceptors (Lipinski definition) is 9. The van der Waals surface area contributed by atoms with Gasteiger partial charge in [0, 0.05) is 18.9 Å². The maximum atomic E-state index is 13.5. The third-order valence-electron chi connectivity index (χ3n) is 8.09. The molecule has 44 heavy (non-hydrogen) atoms. The van der Waals surface area contributed by atoms with Crippen LogP contribution in [-0.4, -0.2) is 62.3 Å². The van der Waals surface area contributed by atoms with Crippen LogP contribution in [-0.2, 0) is 14.3 Å². The number of amides is 1. The predicted octanol–water partition coefficient (Wildman–Crippen LogP) is 4.56. The molecule has 6 N–H and O–H groups in total. The minimum Gasteiger partial charge on any atom is -0.481 e. The number of nitrogens with zero attached hydrogens (tertiary/aromatic N) is 2. The Morgan fingerprint density at radius 3 is 2.27 bits per heavy atom. The van der Waals surface area contributed by atoms with Crippen molar-refractivity contribution in [2.24, 2.45) is 11.3 Å². The Morgan fingerprint density at radius 1 is 1.09 bits per heavy atom. The lowest BCUT2D eigenvalue weighted by Crippen LogP contribution is -2.40. The molecule has 1 aromatic carbocycles. The minimum absolute atomic E-state index is 0.121. The molecule has 2 saturated carbocycles. The summed E-state index contributed by atoms with van der Waals surface area (Å²) < 4.78 is 6.04. The van der Waals surface area contributed by atoms with Gasteiger partial charge in [-0.25, -0.2) is 4.98 Å². The van der Waals surface area contributed by atoms with Crippen molar-refractivity contribution in [3.63, 3.8) is 0 Å². The van der Waals surface area contributed by atoms with Gasteiger partial charge in [-0.1, -0.05) is 33.8 Å². The van der Waals surface area contributed by atoms with Gasteiger partial charge < -0.3 is 30.5 Å². The van der Waals surface area contributed by atoms with Gasteiger partial charge in [-0.05, 0) is 92.2 Å². The topological polar surface area (TPSA) is 176 Å². The quantitative estimate of drug-likeness (QED) is 0.114. The van der Waals surface area contributed by atoms with Gasteiger partial charge >= 0.3 is 17.8 Å². The van der Waals surface area contributed by atoms with E-state index >= 15 is 0 Å². The molecule has 2 aliphatic rings. The van der Waals surface area contributed by atoms with E-state index in [2.05, 4.69) is 16.2 Å². The lowest BCUT2D eigenvalue weighted by Gasteiger charge is -2.40. The summed E-state index contributed by atoms with van der Waals surface area (Å²) in [6, 6.07) is 7.11. The summed E-state index contributed by atoms with van der Waals surface area (Å²) in [7, 11) is 1.67. The molecule has 2 atom stereocenters. The second-order valence-electron chi connectivity index (χ2n) is 11.8. The number of rotatable bonds is 7. The molecule has 0 aliphatic heterocycles. The van der Waals surface area contributed by atoms with E-state index in [-0.39, 0.29) is 23.3 Å². The second kappa shape index (κ2) is 13.8. The molecular formula is C33H44N4O7. The summed E-state index contributed by atoms with van der Waals surface area (Å²) in [5.41, 5.74) is 3.50. The normalized spacial score (nSPS) is 19.0. The maximum Gasteiger partial charge on any atom is 0.346 e. The van der Waals surface area contributed by atoms with Gasteiger partial charge in [0.15, 0.2) is 0 Å². The van der Waals surface area contributed by atoms with E-state index in [9.17, 15) is 30.0 Å². The van der Waals surface area contributed by atoms with E-state index in [1.54, 1.807) is 25.1 Å². The van der Waals surface area contributed by atoms with Crippen LogP contribution in [0.15, 0.2) is 24.3 Å². The molecule has 0 bridgehead atoms. The summed E-state index contributed by atoms with van der Waals surface area (Å²) in [5.74, 6) is -1.61. The van der Waals surface area contributed by atoms with Crippen LogP contribution in [0.1, 0.15) is 88.1 Å². The van der Waals surface area contributed by atoms with Crippen LogP contribution in [0.5, 0.6) is 0 Å². The number of carbonyl (C=O) groups is 2. The van der Waals surface area contributed by atoms with Gasteiger partial charge in [0.1, 0.15) is 17.6 Å². The first-order valence-electron chi connectivity index (χ1n) is 14.9. The zero-order valence-corrected chi connectivity index (χ0v) is 26.5. The summed E-state index contributed by atoms with van der Waals surface area (Å²) in [5, 5.41) is 49.3. The number of anilines is 3. The molecule has 2 aliphatic carbocycles. The highest BCUT2D eigenvalue weighted by molar-refractivity contribution is 6.11. The number of aliphatic hydroxyl groups is 3. The zero-order valence-electron chi connectivity index (χ0n) is 26.5.